The Morgan fingerprint density at radius 2 is 2.00 bits per heavy atom. The molecule has 43 heavy (non-hydrogen) atoms. The molecule has 1 aromatic heterocycles. The van der Waals surface area contributed by atoms with Crippen LogP contribution in [0, 0.1) is 24.0 Å². The number of phenolic OH excluding ortho intramolecular Hbond substituents is 1. The van der Waals surface area contributed by atoms with Crippen LogP contribution in [0.2, 0.25) is 0 Å². The molecule has 3 atom stereocenters. The summed E-state index contributed by atoms with van der Waals surface area (Å²) >= 11 is 0. The van der Waals surface area contributed by atoms with Gasteiger partial charge in [-0.2, -0.15) is 9.97 Å². The fraction of sp³-hybridized carbons (Fsp3) is 0.394. The highest BCUT2D eigenvalue weighted by Crippen LogP contribution is 2.42. The summed E-state index contributed by atoms with van der Waals surface area (Å²) in [6, 6.07) is 8.85. The number of anilines is 1. The van der Waals surface area contributed by atoms with Gasteiger partial charge >= 0.3 is 6.01 Å². The normalized spacial score (nSPS) is 24.0. The lowest BCUT2D eigenvalue weighted by Gasteiger charge is -2.33. The van der Waals surface area contributed by atoms with Crippen molar-refractivity contribution in [3.8, 4) is 35.2 Å². The number of phenols is 1. The Morgan fingerprint density at radius 3 is 2.81 bits per heavy atom. The van der Waals surface area contributed by atoms with Gasteiger partial charge in [-0.05, 0) is 61.5 Å². The maximum absolute atomic E-state index is 16.7. The second kappa shape index (κ2) is 10.6. The summed E-state index contributed by atoms with van der Waals surface area (Å²) in [5.41, 5.74) is -0.0998. The molecule has 7 rings (SSSR count). The van der Waals surface area contributed by atoms with E-state index in [2.05, 4.69) is 15.8 Å². The minimum atomic E-state index is -0.915. The van der Waals surface area contributed by atoms with E-state index in [1.54, 1.807) is 12.1 Å². The lowest BCUT2D eigenvalue weighted by molar-refractivity contribution is 0.0529. The highest BCUT2D eigenvalue weighted by molar-refractivity contribution is 6.04. The molecule has 10 heteroatoms. The maximum Gasteiger partial charge on any atom is 0.319 e. The molecular formula is C33H31F3N4O3. The van der Waals surface area contributed by atoms with Crippen LogP contribution in [0.3, 0.4) is 0 Å². The van der Waals surface area contributed by atoms with Gasteiger partial charge in [0.25, 0.3) is 0 Å². The lowest BCUT2D eigenvalue weighted by atomic mass is 9.93. The first-order valence-electron chi connectivity index (χ1n) is 14.6. The summed E-state index contributed by atoms with van der Waals surface area (Å²) in [6.45, 7) is 4.92. The zero-order valence-corrected chi connectivity index (χ0v) is 23.7. The van der Waals surface area contributed by atoms with Gasteiger partial charge < -0.3 is 19.5 Å². The van der Waals surface area contributed by atoms with Gasteiger partial charge in [-0.25, -0.2) is 13.2 Å². The van der Waals surface area contributed by atoms with E-state index in [1.165, 1.54) is 24.3 Å². The van der Waals surface area contributed by atoms with Crippen LogP contribution in [0.1, 0.15) is 31.7 Å². The standard InChI is InChI=1S/C33H31F3N4O3/c1-3-23-27(35)8-5-20-13-22(41)14-26(28(20)23)24-6-7-25-30(29(24)36)37-32(38-31(25)39-11-12-42-19(2)16-39)43-18-33-9-4-10-40(33)17-21(34)15-33/h1,5-8,13-14,19,21,41H,4,9-12,15-18H2,2H3/t19-,21+,33-/m0/s1. The zero-order chi connectivity index (χ0) is 29.9. The van der Waals surface area contributed by atoms with Crippen molar-refractivity contribution in [1.82, 2.24) is 14.9 Å². The summed E-state index contributed by atoms with van der Waals surface area (Å²) in [5, 5.41) is 11.8. The van der Waals surface area contributed by atoms with Gasteiger partial charge in [0.15, 0.2) is 5.82 Å². The number of terminal acetylenes is 1. The largest absolute Gasteiger partial charge is 0.508 e. The van der Waals surface area contributed by atoms with Crippen molar-refractivity contribution in [2.45, 2.75) is 44.0 Å². The number of aromatic nitrogens is 2. The van der Waals surface area contributed by atoms with Gasteiger partial charge in [-0.3, -0.25) is 4.90 Å². The lowest BCUT2D eigenvalue weighted by Crippen LogP contribution is -2.44. The van der Waals surface area contributed by atoms with Crippen LogP contribution in [-0.4, -0.2) is 77.2 Å². The molecule has 0 aliphatic carbocycles. The van der Waals surface area contributed by atoms with E-state index >= 15 is 4.39 Å². The highest BCUT2D eigenvalue weighted by Gasteiger charge is 2.49. The summed E-state index contributed by atoms with van der Waals surface area (Å²) in [4.78, 5) is 13.4. The number of nitrogens with zero attached hydrogens (tertiary/aromatic N) is 4. The van der Waals surface area contributed by atoms with Crippen molar-refractivity contribution >= 4 is 27.5 Å². The minimum absolute atomic E-state index is 0.00245. The van der Waals surface area contributed by atoms with Gasteiger partial charge in [0.05, 0.1) is 23.8 Å². The molecule has 3 saturated heterocycles. The van der Waals surface area contributed by atoms with E-state index in [-0.39, 0.29) is 46.7 Å². The summed E-state index contributed by atoms with van der Waals surface area (Å²) in [7, 11) is 0. The van der Waals surface area contributed by atoms with Crippen LogP contribution in [-0.2, 0) is 4.74 Å². The molecule has 4 aromatic rings. The second-order valence-corrected chi connectivity index (χ2v) is 11.8. The molecule has 4 heterocycles. The number of morpholine rings is 1. The van der Waals surface area contributed by atoms with E-state index in [4.69, 9.17) is 20.9 Å². The third-order valence-electron chi connectivity index (χ3n) is 9.02. The molecule has 3 fully saturated rings. The number of fused-ring (bicyclic) bond motifs is 3. The first-order valence-corrected chi connectivity index (χ1v) is 14.6. The Balaban J connectivity index is 1.38. The molecule has 3 aliphatic rings. The van der Waals surface area contributed by atoms with Crippen molar-refractivity contribution < 1.29 is 27.8 Å². The van der Waals surface area contributed by atoms with Crippen LogP contribution in [0.15, 0.2) is 36.4 Å². The first kappa shape index (κ1) is 27.7. The van der Waals surface area contributed by atoms with Crippen molar-refractivity contribution in [3.63, 3.8) is 0 Å². The van der Waals surface area contributed by atoms with Gasteiger partial charge in [-0.1, -0.05) is 18.1 Å². The average molecular weight is 589 g/mol. The van der Waals surface area contributed by atoms with Crippen molar-refractivity contribution in [1.29, 1.82) is 0 Å². The molecule has 1 N–H and O–H groups in total. The van der Waals surface area contributed by atoms with Crippen LogP contribution in [0.5, 0.6) is 11.8 Å². The predicted molar refractivity (Wildman–Crippen MR) is 158 cm³/mol. The minimum Gasteiger partial charge on any atom is -0.508 e. The Labute approximate surface area is 247 Å². The third kappa shape index (κ3) is 4.71. The van der Waals surface area contributed by atoms with E-state index in [0.717, 1.165) is 19.4 Å². The molecule has 3 aliphatic heterocycles. The average Bonchev–Trinajstić information content (AvgIpc) is 3.51. The molecule has 0 radical (unpaired) electrons. The fourth-order valence-corrected chi connectivity index (χ4v) is 7.08. The SMILES string of the molecule is C#Cc1c(F)ccc2cc(O)cc(-c3ccc4c(N5CCO[C@@H](C)C5)nc(OC[C@@]56CCCN5C[C@H](F)C6)nc4c3F)c12. The molecule has 0 amide bonds. The Hall–Kier alpha value is -4.07. The number of alkyl halides is 1. The van der Waals surface area contributed by atoms with Crippen LogP contribution >= 0.6 is 0 Å². The fourth-order valence-electron chi connectivity index (χ4n) is 7.08. The molecule has 222 valence electrons. The summed E-state index contributed by atoms with van der Waals surface area (Å²) in [5.74, 6) is 1.47. The second-order valence-electron chi connectivity index (χ2n) is 11.8. The Morgan fingerprint density at radius 1 is 1.14 bits per heavy atom. The number of benzene rings is 3. The molecule has 0 bridgehead atoms. The summed E-state index contributed by atoms with van der Waals surface area (Å²) < 4.78 is 57.8. The van der Waals surface area contributed by atoms with Gasteiger partial charge in [0.1, 0.15) is 35.7 Å². The Kier molecular flexibility index (Phi) is 6.83. The Bertz CT molecular complexity index is 1790. The number of hydrogen-bond acceptors (Lipinski definition) is 7. The zero-order valence-electron chi connectivity index (χ0n) is 23.7. The summed E-state index contributed by atoms with van der Waals surface area (Å²) in [6.07, 6.45) is 6.84. The predicted octanol–water partition coefficient (Wildman–Crippen LogP) is 5.60. The molecule has 3 aromatic carbocycles. The first-order chi connectivity index (χ1) is 20.8. The van der Waals surface area contributed by atoms with E-state index in [1.807, 2.05) is 11.8 Å². The topological polar surface area (TPSA) is 71.0 Å². The molecule has 0 saturated carbocycles. The molecule has 0 spiro atoms. The van der Waals surface area contributed by atoms with Gasteiger partial charge in [-0.15, -0.1) is 6.42 Å². The number of aromatic hydroxyl groups is 1. The van der Waals surface area contributed by atoms with E-state index < -0.39 is 23.3 Å². The monoisotopic (exact) mass is 588 g/mol. The maximum atomic E-state index is 16.7. The number of rotatable bonds is 5. The van der Waals surface area contributed by atoms with Crippen molar-refractivity contribution in [3.05, 3.63) is 53.6 Å². The van der Waals surface area contributed by atoms with Crippen LogP contribution in [0.25, 0.3) is 32.8 Å². The van der Waals surface area contributed by atoms with Gasteiger partial charge in [0, 0.05) is 42.4 Å². The van der Waals surface area contributed by atoms with Crippen molar-refractivity contribution in [2.24, 2.45) is 0 Å². The number of hydrogen-bond donors (Lipinski definition) is 1. The highest BCUT2D eigenvalue weighted by atomic mass is 19.1. The third-order valence-corrected chi connectivity index (χ3v) is 9.02. The molecule has 0 unspecified atom stereocenters. The quantitative estimate of drug-likeness (QED) is 0.305. The smallest absolute Gasteiger partial charge is 0.319 e. The van der Waals surface area contributed by atoms with E-state index in [0.29, 0.717) is 54.6 Å². The molecular weight excluding hydrogens is 557 g/mol. The van der Waals surface area contributed by atoms with Crippen molar-refractivity contribution in [2.75, 3.05) is 44.3 Å². The molecule has 7 nitrogen and oxygen atoms in total. The van der Waals surface area contributed by atoms with Gasteiger partial charge in [0.2, 0.25) is 0 Å². The van der Waals surface area contributed by atoms with Crippen LogP contribution in [0.4, 0.5) is 19.0 Å². The number of ether oxygens (including phenoxy) is 2. The van der Waals surface area contributed by atoms with Crippen LogP contribution < -0.4 is 9.64 Å². The number of halogens is 3. The van der Waals surface area contributed by atoms with E-state index in [9.17, 15) is 13.9 Å².